The largest absolute Gasteiger partial charge is 0.339 e. The molecule has 0 spiro atoms. The summed E-state index contributed by atoms with van der Waals surface area (Å²) in [6.07, 6.45) is 5.78. The number of nitrogens with one attached hydrogen (secondary N) is 2. The van der Waals surface area contributed by atoms with Gasteiger partial charge in [0.1, 0.15) is 0 Å². The Kier molecular flexibility index (Phi) is 7.44. The average Bonchev–Trinajstić information content (AvgIpc) is 3.26. The van der Waals surface area contributed by atoms with Crippen molar-refractivity contribution in [3.05, 3.63) is 41.7 Å². The third kappa shape index (κ3) is 5.17. The quantitative estimate of drug-likeness (QED) is 0.775. The molecule has 0 atom stereocenters. The van der Waals surface area contributed by atoms with E-state index in [2.05, 4.69) is 27.9 Å². The predicted octanol–water partition coefficient (Wildman–Crippen LogP) is 2.75. The molecule has 2 N–H and O–H groups in total. The van der Waals surface area contributed by atoms with E-state index in [0.717, 1.165) is 51.9 Å². The first-order valence-electron chi connectivity index (χ1n) is 10.4. The Hall–Kier alpha value is -2.45. The fraction of sp³-hybridized carbons (Fsp3) is 0.524. The number of piperidine rings is 2. The van der Waals surface area contributed by atoms with Gasteiger partial charge in [-0.3, -0.25) is 9.59 Å². The molecule has 162 valence electrons. The lowest BCUT2D eigenvalue weighted by Crippen LogP contribution is -2.37. The van der Waals surface area contributed by atoms with Crippen LogP contribution < -0.4 is 10.6 Å². The summed E-state index contributed by atoms with van der Waals surface area (Å²) >= 11 is 0. The molecule has 0 unspecified atom stereocenters. The summed E-state index contributed by atoms with van der Waals surface area (Å²) in [5, 5.41) is 14.3. The lowest BCUT2D eigenvalue weighted by Gasteiger charge is -2.30. The van der Waals surface area contributed by atoms with Gasteiger partial charge in [-0.05, 0) is 69.0 Å². The Labute approximate surface area is 182 Å². The van der Waals surface area contributed by atoms with Crippen LogP contribution in [0.1, 0.15) is 59.5 Å². The van der Waals surface area contributed by atoms with Crippen LogP contribution in [-0.4, -0.2) is 57.9 Å². The van der Waals surface area contributed by atoms with Gasteiger partial charge in [0, 0.05) is 24.3 Å². The maximum absolute atomic E-state index is 12.6. The highest BCUT2D eigenvalue weighted by atomic mass is 35.5. The van der Waals surface area contributed by atoms with E-state index in [0.29, 0.717) is 22.9 Å². The molecule has 2 fully saturated rings. The fourth-order valence-electron chi connectivity index (χ4n) is 3.92. The first-order chi connectivity index (χ1) is 14.1. The van der Waals surface area contributed by atoms with Gasteiger partial charge in [-0.1, -0.05) is 12.1 Å². The molecule has 2 aromatic rings. The van der Waals surface area contributed by atoms with Gasteiger partial charge < -0.3 is 15.5 Å². The highest BCUT2D eigenvalue weighted by Gasteiger charge is 2.22. The zero-order valence-corrected chi connectivity index (χ0v) is 18.0. The normalized spacial score (nSPS) is 18.0. The number of hydrogen-bond acceptors (Lipinski definition) is 5. The minimum atomic E-state index is -0.297. The molecule has 3 heterocycles. The van der Waals surface area contributed by atoms with Crippen LogP contribution in [0.3, 0.4) is 0 Å². The maximum Gasteiger partial charge on any atom is 0.277 e. The number of hydrogen-bond donors (Lipinski definition) is 2. The van der Waals surface area contributed by atoms with E-state index in [-0.39, 0.29) is 30.3 Å². The summed E-state index contributed by atoms with van der Waals surface area (Å²) in [6, 6.07) is 7.33. The number of benzene rings is 1. The van der Waals surface area contributed by atoms with Crippen LogP contribution in [0.4, 0.5) is 5.69 Å². The van der Waals surface area contributed by atoms with Crippen LogP contribution in [0.15, 0.2) is 30.5 Å². The lowest BCUT2D eigenvalue weighted by atomic mass is 9.98. The van der Waals surface area contributed by atoms with Crippen molar-refractivity contribution < 1.29 is 9.59 Å². The second-order valence-corrected chi connectivity index (χ2v) is 8.07. The van der Waals surface area contributed by atoms with Gasteiger partial charge in [-0.25, -0.2) is 4.68 Å². The molecule has 8 nitrogen and oxygen atoms in total. The number of nitrogens with zero attached hydrogens (tertiary/aromatic N) is 4. The molecule has 0 radical (unpaired) electrons. The SMILES string of the molecule is CC1CCN(C(=O)c2ccc(NC(=O)c3cn(C4CCNCC4)nn3)cc2)CC1.Cl. The van der Waals surface area contributed by atoms with Crippen LogP contribution in [-0.2, 0) is 0 Å². The summed E-state index contributed by atoms with van der Waals surface area (Å²) in [5.74, 6) is 0.443. The Morgan fingerprint density at radius 2 is 1.73 bits per heavy atom. The Balaban J connectivity index is 0.00000256. The van der Waals surface area contributed by atoms with Crippen molar-refractivity contribution in [2.75, 3.05) is 31.5 Å². The molecule has 0 saturated carbocycles. The summed E-state index contributed by atoms with van der Waals surface area (Å²) < 4.78 is 1.79. The molecule has 30 heavy (non-hydrogen) atoms. The second-order valence-electron chi connectivity index (χ2n) is 8.07. The predicted molar refractivity (Wildman–Crippen MR) is 117 cm³/mol. The molecule has 9 heteroatoms. The van der Waals surface area contributed by atoms with Crippen LogP contribution in [0, 0.1) is 5.92 Å². The minimum absolute atomic E-state index is 0. The zero-order chi connectivity index (χ0) is 20.2. The number of anilines is 1. The molecular formula is C21H29ClN6O2. The molecule has 1 aromatic heterocycles. The van der Waals surface area contributed by atoms with Crippen LogP contribution in [0.2, 0.25) is 0 Å². The van der Waals surface area contributed by atoms with Gasteiger partial charge in [0.15, 0.2) is 5.69 Å². The van der Waals surface area contributed by atoms with E-state index in [4.69, 9.17) is 0 Å². The summed E-state index contributed by atoms with van der Waals surface area (Å²) in [6.45, 7) is 5.75. The minimum Gasteiger partial charge on any atom is -0.339 e. The molecule has 2 amide bonds. The number of rotatable bonds is 4. The topological polar surface area (TPSA) is 92.2 Å². The van der Waals surface area contributed by atoms with E-state index < -0.39 is 0 Å². The number of carbonyl (C=O) groups excluding carboxylic acids is 2. The van der Waals surface area contributed by atoms with E-state index >= 15 is 0 Å². The van der Waals surface area contributed by atoms with E-state index in [1.807, 2.05) is 4.90 Å². The van der Waals surface area contributed by atoms with Crippen LogP contribution in [0.5, 0.6) is 0 Å². The number of carbonyl (C=O) groups is 2. The average molecular weight is 433 g/mol. The molecule has 1 aromatic carbocycles. The highest BCUT2D eigenvalue weighted by molar-refractivity contribution is 6.03. The van der Waals surface area contributed by atoms with Crippen LogP contribution >= 0.6 is 12.4 Å². The first kappa shape index (κ1) is 22.2. The van der Waals surface area contributed by atoms with E-state index in [1.54, 1.807) is 35.1 Å². The van der Waals surface area contributed by atoms with Crippen molar-refractivity contribution in [1.82, 2.24) is 25.2 Å². The van der Waals surface area contributed by atoms with Crippen molar-refractivity contribution in [3.63, 3.8) is 0 Å². The van der Waals surface area contributed by atoms with Crippen molar-refractivity contribution in [1.29, 1.82) is 0 Å². The molecule has 2 saturated heterocycles. The number of likely N-dealkylation sites (tertiary alicyclic amines) is 1. The van der Waals surface area contributed by atoms with Crippen LogP contribution in [0.25, 0.3) is 0 Å². The zero-order valence-electron chi connectivity index (χ0n) is 17.2. The first-order valence-corrected chi connectivity index (χ1v) is 10.4. The molecule has 0 aliphatic carbocycles. The second kappa shape index (κ2) is 10.0. The van der Waals surface area contributed by atoms with Gasteiger partial charge in [0.25, 0.3) is 11.8 Å². The van der Waals surface area contributed by atoms with Crippen molar-refractivity contribution in [2.45, 2.75) is 38.6 Å². The van der Waals surface area contributed by atoms with Gasteiger partial charge in [0.05, 0.1) is 12.2 Å². The highest BCUT2D eigenvalue weighted by Crippen LogP contribution is 2.20. The molecule has 2 aliphatic rings. The third-order valence-electron chi connectivity index (χ3n) is 5.89. The Morgan fingerprint density at radius 1 is 1.07 bits per heavy atom. The van der Waals surface area contributed by atoms with Gasteiger partial charge in [-0.15, -0.1) is 17.5 Å². The molecule has 4 rings (SSSR count). The third-order valence-corrected chi connectivity index (χ3v) is 5.89. The van der Waals surface area contributed by atoms with E-state index in [9.17, 15) is 9.59 Å². The van der Waals surface area contributed by atoms with E-state index in [1.165, 1.54) is 0 Å². The summed E-state index contributed by atoms with van der Waals surface area (Å²) in [7, 11) is 0. The molecule has 2 aliphatic heterocycles. The maximum atomic E-state index is 12.6. The smallest absolute Gasteiger partial charge is 0.277 e. The van der Waals surface area contributed by atoms with Gasteiger partial charge in [-0.2, -0.15) is 0 Å². The Morgan fingerprint density at radius 3 is 2.40 bits per heavy atom. The lowest BCUT2D eigenvalue weighted by molar-refractivity contribution is 0.0697. The summed E-state index contributed by atoms with van der Waals surface area (Å²) in [4.78, 5) is 27.0. The molecular weight excluding hydrogens is 404 g/mol. The summed E-state index contributed by atoms with van der Waals surface area (Å²) in [5.41, 5.74) is 1.58. The van der Waals surface area contributed by atoms with Crippen molar-refractivity contribution >= 4 is 29.9 Å². The standard InChI is InChI=1S/C21H28N6O2.ClH/c1-15-8-12-26(13-9-15)21(29)16-2-4-17(5-3-16)23-20(28)19-14-27(25-24-19)18-6-10-22-11-7-18;/h2-5,14-15,18,22H,6-13H2,1H3,(H,23,28);1H. The Bertz CT molecular complexity index is 855. The number of halogens is 1. The van der Waals surface area contributed by atoms with Gasteiger partial charge in [0.2, 0.25) is 0 Å². The monoisotopic (exact) mass is 432 g/mol. The fourth-order valence-corrected chi connectivity index (χ4v) is 3.92. The number of amides is 2. The van der Waals surface area contributed by atoms with Crippen molar-refractivity contribution in [2.24, 2.45) is 5.92 Å². The van der Waals surface area contributed by atoms with Gasteiger partial charge >= 0.3 is 0 Å². The molecule has 0 bridgehead atoms. The van der Waals surface area contributed by atoms with Crippen molar-refractivity contribution in [3.8, 4) is 0 Å². The number of aromatic nitrogens is 3.